The van der Waals surface area contributed by atoms with Crippen LogP contribution >= 0.6 is 0 Å². The van der Waals surface area contributed by atoms with E-state index in [9.17, 15) is 14.0 Å². The molecule has 0 saturated carbocycles. The number of hydrogen-bond acceptors (Lipinski definition) is 4. The van der Waals surface area contributed by atoms with E-state index in [1.807, 2.05) is 0 Å². The van der Waals surface area contributed by atoms with Crippen LogP contribution in [0, 0.1) is 5.82 Å². The standard InChI is InChI=1S/C15H13FN2O3/c1-8(19)11-4-2-10(7-14(11)17)21-9-3-5-12(15(18)20)13(16)6-9/h2-7H,17H2,1H3,(H2,18,20). The van der Waals surface area contributed by atoms with Crippen molar-refractivity contribution in [2.45, 2.75) is 6.92 Å². The lowest BCUT2D eigenvalue weighted by molar-refractivity contribution is 0.0993. The van der Waals surface area contributed by atoms with Crippen LogP contribution in [0.25, 0.3) is 0 Å². The lowest BCUT2D eigenvalue weighted by Crippen LogP contribution is -2.12. The van der Waals surface area contributed by atoms with Gasteiger partial charge in [0.25, 0.3) is 5.91 Å². The Morgan fingerprint density at radius 2 is 1.62 bits per heavy atom. The Bertz CT molecular complexity index is 667. The summed E-state index contributed by atoms with van der Waals surface area (Å²) in [4.78, 5) is 22.2. The molecule has 2 rings (SSSR count). The third-order valence-electron chi connectivity index (χ3n) is 2.84. The minimum atomic E-state index is -0.853. The van der Waals surface area contributed by atoms with Gasteiger partial charge in [-0.15, -0.1) is 0 Å². The van der Waals surface area contributed by atoms with E-state index < -0.39 is 11.7 Å². The van der Waals surface area contributed by atoms with E-state index in [4.69, 9.17) is 16.2 Å². The van der Waals surface area contributed by atoms with Gasteiger partial charge in [-0.05, 0) is 31.2 Å². The summed E-state index contributed by atoms with van der Waals surface area (Å²) in [5.74, 6) is -1.24. The average Bonchev–Trinajstić information content (AvgIpc) is 2.37. The molecule has 0 fully saturated rings. The molecule has 0 saturated heterocycles. The highest BCUT2D eigenvalue weighted by Crippen LogP contribution is 2.26. The van der Waals surface area contributed by atoms with Crippen molar-refractivity contribution in [3.8, 4) is 11.5 Å². The second-order valence-corrected chi connectivity index (χ2v) is 4.41. The number of amides is 1. The smallest absolute Gasteiger partial charge is 0.251 e. The lowest BCUT2D eigenvalue weighted by Gasteiger charge is -2.09. The Hall–Kier alpha value is -2.89. The number of carbonyl (C=O) groups is 2. The van der Waals surface area contributed by atoms with Crippen molar-refractivity contribution in [1.29, 1.82) is 0 Å². The van der Waals surface area contributed by atoms with E-state index in [-0.39, 0.29) is 22.8 Å². The Morgan fingerprint density at radius 3 is 2.10 bits per heavy atom. The summed E-state index contributed by atoms with van der Waals surface area (Å²) in [7, 11) is 0. The molecule has 0 heterocycles. The summed E-state index contributed by atoms with van der Waals surface area (Å²) >= 11 is 0. The largest absolute Gasteiger partial charge is 0.457 e. The predicted octanol–water partition coefficient (Wildman–Crippen LogP) is 2.50. The van der Waals surface area contributed by atoms with E-state index in [1.165, 1.54) is 31.2 Å². The van der Waals surface area contributed by atoms with Crippen LogP contribution in [0.1, 0.15) is 27.6 Å². The fourth-order valence-electron chi connectivity index (χ4n) is 1.82. The SMILES string of the molecule is CC(=O)c1ccc(Oc2ccc(C(N)=O)c(F)c2)cc1N. The monoisotopic (exact) mass is 288 g/mol. The highest BCUT2D eigenvalue weighted by Gasteiger charge is 2.11. The summed E-state index contributed by atoms with van der Waals surface area (Å²) in [5, 5.41) is 0. The molecule has 2 aromatic rings. The summed E-state index contributed by atoms with van der Waals surface area (Å²) in [6, 6.07) is 8.25. The van der Waals surface area contributed by atoms with Crippen LogP contribution in [0.2, 0.25) is 0 Å². The van der Waals surface area contributed by atoms with E-state index in [1.54, 1.807) is 6.07 Å². The van der Waals surface area contributed by atoms with Crippen molar-refractivity contribution in [2.24, 2.45) is 5.73 Å². The van der Waals surface area contributed by atoms with Gasteiger partial charge in [0.1, 0.15) is 17.3 Å². The molecule has 0 aliphatic rings. The zero-order valence-electron chi connectivity index (χ0n) is 11.2. The zero-order valence-corrected chi connectivity index (χ0v) is 11.2. The summed E-state index contributed by atoms with van der Waals surface area (Å²) in [6.45, 7) is 1.41. The third kappa shape index (κ3) is 3.17. The molecular weight excluding hydrogens is 275 g/mol. The number of primary amides is 1. The van der Waals surface area contributed by atoms with Gasteiger partial charge >= 0.3 is 0 Å². The van der Waals surface area contributed by atoms with Crippen LogP contribution < -0.4 is 16.2 Å². The van der Waals surface area contributed by atoms with Gasteiger partial charge < -0.3 is 16.2 Å². The molecule has 0 radical (unpaired) electrons. The molecular formula is C15H13FN2O3. The van der Waals surface area contributed by atoms with Crippen LogP contribution in [-0.2, 0) is 0 Å². The van der Waals surface area contributed by atoms with Crippen LogP contribution in [-0.4, -0.2) is 11.7 Å². The van der Waals surface area contributed by atoms with Gasteiger partial charge in [-0.2, -0.15) is 0 Å². The number of carbonyl (C=O) groups excluding carboxylic acids is 2. The van der Waals surface area contributed by atoms with Crippen molar-refractivity contribution in [3.05, 3.63) is 53.3 Å². The Kier molecular flexibility index (Phi) is 3.89. The number of halogens is 1. The number of ketones is 1. The Morgan fingerprint density at radius 1 is 1.05 bits per heavy atom. The highest BCUT2D eigenvalue weighted by molar-refractivity contribution is 5.99. The minimum absolute atomic E-state index is 0.157. The number of Topliss-reactive ketones (excluding diaryl/α,β-unsaturated/α-hetero) is 1. The number of anilines is 1. The van der Waals surface area contributed by atoms with Crippen molar-refractivity contribution in [1.82, 2.24) is 0 Å². The molecule has 108 valence electrons. The van der Waals surface area contributed by atoms with Crippen molar-refractivity contribution < 1.29 is 18.7 Å². The second-order valence-electron chi connectivity index (χ2n) is 4.41. The zero-order chi connectivity index (χ0) is 15.6. The van der Waals surface area contributed by atoms with Crippen LogP contribution in [0.5, 0.6) is 11.5 Å². The van der Waals surface area contributed by atoms with E-state index in [0.717, 1.165) is 6.07 Å². The van der Waals surface area contributed by atoms with Gasteiger partial charge in [0.2, 0.25) is 0 Å². The first kappa shape index (κ1) is 14.5. The van der Waals surface area contributed by atoms with Crippen LogP contribution in [0.3, 0.4) is 0 Å². The van der Waals surface area contributed by atoms with Gasteiger partial charge in [0.05, 0.1) is 5.56 Å². The maximum Gasteiger partial charge on any atom is 0.251 e. The molecule has 2 aromatic carbocycles. The molecule has 0 atom stereocenters. The van der Waals surface area contributed by atoms with Gasteiger partial charge in [0.15, 0.2) is 5.78 Å². The second kappa shape index (κ2) is 5.62. The van der Waals surface area contributed by atoms with Gasteiger partial charge in [0, 0.05) is 23.4 Å². The first-order valence-electron chi connectivity index (χ1n) is 6.06. The lowest BCUT2D eigenvalue weighted by atomic mass is 10.1. The number of rotatable bonds is 4. The van der Waals surface area contributed by atoms with Gasteiger partial charge in [-0.1, -0.05) is 0 Å². The van der Waals surface area contributed by atoms with E-state index in [2.05, 4.69) is 0 Å². The van der Waals surface area contributed by atoms with Crippen molar-refractivity contribution in [2.75, 3.05) is 5.73 Å². The first-order valence-corrected chi connectivity index (χ1v) is 6.06. The fraction of sp³-hybridized carbons (Fsp3) is 0.0667. The topological polar surface area (TPSA) is 95.4 Å². The van der Waals surface area contributed by atoms with Crippen LogP contribution in [0.15, 0.2) is 36.4 Å². The van der Waals surface area contributed by atoms with Gasteiger partial charge in [-0.3, -0.25) is 9.59 Å². The molecule has 21 heavy (non-hydrogen) atoms. The summed E-state index contributed by atoms with van der Waals surface area (Å²) < 4.78 is 19.0. The molecule has 0 unspecified atom stereocenters. The van der Waals surface area contributed by atoms with Crippen molar-refractivity contribution in [3.63, 3.8) is 0 Å². The highest BCUT2D eigenvalue weighted by atomic mass is 19.1. The Balaban J connectivity index is 2.26. The van der Waals surface area contributed by atoms with Crippen LogP contribution in [0.4, 0.5) is 10.1 Å². The maximum atomic E-state index is 13.6. The molecule has 0 aliphatic carbocycles. The normalized spacial score (nSPS) is 10.2. The molecule has 5 nitrogen and oxygen atoms in total. The number of nitrogens with two attached hydrogens (primary N) is 2. The molecule has 0 spiro atoms. The number of benzene rings is 2. The first-order chi connectivity index (χ1) is 9.88. The number of nitrogen functional groups attached to an aromatic ring is 1. The molecule has 4 N–H and O–H groups in total. The van der Waals surface area contributed by atoms with Gasteiger partial charge in [-0.25, -0.2) is 4.39 Å². The quantitative estimate of drug-likeness (QED) is 0.667. The minimum Gasteiger partial charge on any atom is -0.457 e. The maximum absolute atomic E-state index is 13.6. The average molecular weight is 288 g/mol. The number of ether oxygens (including phenoxy) is 1. The Labute approximate surface area is 120 Å². The predicted molar refractivity (Wildman–Crippen MR) is 75.9 cm³/mol. The fourth-order valence-corrected chi connectivity index (χ4v) is 1.82. The molecule has 0 aromatic heterocycles. The molecule has 6 heteroatoms. The number of hydrogen-bond donors (Lipinski definition) is 2. The van der Waals surface area contributed by atoms with E-state index in [0.29, 0.717) is 11.3 Å². The van der Waals surface area contributed by atoms with Crippen molar-refractivity contribution >= 4 is 17.4 Å². The molecule has 1 amide bonds. The summed E-state index contributed by atoms with van der Waals surface area (Å²) in [6.07, 6.45) is 0. The summed E-state index contributed by atoms with van der Waals surface area (Å²) in [5.41, 5.74) is 11.2. The van der Waals surface area contributed by atoms with E-state index >= 15 is 0 Å². The third-order valence-corrected chi connectivity index (χ3v) is 2.84. The molecule has 0 bridgehead atoms. The molecule has 0 aliphatic heterocycles.